The van der Waals surface area contributed by atoms with E-state index in [1.807, 2.05) is 0 Å². The third kappa shape index (κ3) is 6.38. The van der Waals surface area contributed by atoms with Gasteiger partial charge in [0.15, 0.2) is 0 Å². The van der Waals surface area contributed by atoms with Crippen molar-refractivity contribution in [3.8, 4) is 0 Å². The monoisotopic (exact) mass is 438 g/mol. The summed E-state index contributed by atoms with van der Waals surface area (Å²) >= 11 is -0.173. The molecule has 0 bridgehead atoms. The molecule has 1 fully saturated rings. The molecular formula is C20H21F3N4O2S. The van der Waals surface area contributed by atoms with E-state index in [1.165, 1.54) is 36.5 Å². The Bertz CT molecular complexity index is 917. The molecule has 0 aliphatic carbocycles. The van der Waals surface area contributed by atoms with Crippen LogP contribution in [0.2, 0.25) is 0 Å². The highest BCUT2D eigenvalue weighted by atomic mass is 32.2. The molecule has 30 heavy (non-hydrogen) atoms. The molecule has 0 atom stereocenters. The maximum absolute atomic E-state index is 12.4. The highest BCUT2D eigenvalue weighted by Crippen LogP contribution is 2.36. The van der Waals surface area contributed by atoms with E-state index in [1.54, 1.807) is 28.9 Å². The molecule has 1 saturated heterocycles. The van der Waals surface area contributed by atoms with Crippen molar-refractivity contribution in [1.82, 2.24) is 20.0 Å². The van der Waals surface area contributed by atoms with Gasteiger partial charge in [-0.2, -0.15) is 18.3 Å². The van der Waals surface area contributed by atoms with E-state index < -0.39 is 5.51 Å². The summed E-state index contributed by atoms with van der Waals surface area (Å²) in [4.78, 5) is 26.3. The third-order valence-electron chi connectivity index (χ3n) is 4.64. The zero-order chi connectivity index (χ0) is 21.7. The lowest BCUT2D eigenvalue weighted by molar-refractivity contribution is -0.127. The maximum Gasteiger partial charge on any atom is 0.446 e. The molecule has 10 heteroatoms. The van der Waals surface area contributed by atoms with Gasteiger partial charge in [-0.1, -0.05) is 12.1 Å². The summed E-state index contributed by atoms with van der Waals surface area (Å²) in [6.45, 7) is 1.03. The number of thioether (sulfide) groups is 1. The standard InChI is InChI=1S/C20H21F3N4O2S/c1-26-13-15(12-24-26)19(29)25-16-8-10-27(11-9-16)18(28)7-4-14-2-5-17(6-3-14)30-20(21,22)23/h2-7,12-13,16H,8-11H2,1H3,(H,25,29)/b7-4+. The summed E-state index contributed by atoms with van der Waals surface area (Å²) in [5, 5.41) is 6.93. The van der Waals surface area contributed by atoms with Crippen LogP contribution in [0.4, 0.5) is 13.2 Å². The minimum absolute atomic E-state index is 0.00980. The summed E-state index contributed by atoms with van der Waals surface area (Å²) in [6.07, 6.45) is 7.45. The van der Waals surface area contributed by atoms with E-state index in [-0.39, 0.29) is 34.5 Å². The molecule has 3 rings (SSSR count). The van der Waals surface area contributed by atoms with E-state index in [4.69, 9.17) is 0 Å². The molecule has 0 saturated carbocycles. The van der Waals surface area contributed by atoms with Crippen molar-refractivity contribution in [2.75, 3.05) is 13.1 Å². The lowest BCUT2D eigenvalue weighted by atomic mass is 10.0. The number of carbonyl (C=O) groups is 2. The Morgan fingerprint density at radius 3 is 2.43 bits per heavy atom. The first-order chi connectivity index (χ1) is 14.2. The summed E-state index contributed by atoms with van der Waals surface area (Å²) in [5.74, 6) is -0.347. The molecule has 0 spiro atoms. The number of aromatic nitrogens is 2. The van der Waals surface area contributed by atoms with Crippen LogP contribution < -0.4 is 5.32 Å². The smallest absolute Gasteiger partial charge is 0.349 e. The molecule has 6 nitrogen and oxygen atoms in total. The van der Waals surface area contributed by atoms with E-state index in [9.17, 15) is 22.8 Å². The fourth-order valence-corrected chi connectivity index (χ4v) is 3.64. The fourth-order valence-electron chi connectivity index (χ4n) is 3.10. The molecule has 2 amide bonds. The van der Waals surface area contributed by atoms with Crippen LogP contribution in [0, 0.1) is 0 Å². The van der Waals surface area contributed by atoms with Crippen LogP contribution in [0.25, 0.3) is 6.08 Å². The number of alkyl halides is 3. The second-order valence-electron chi connectivity index (χ2n) is 6.93. The van der Waals surface area contributed by atoms with Crippen LogP contribution >= 0.6 is 11.8 Å². The molecule has 1 N–H and O–H groups in total. The minimum atomic E-state index is -4.32. The van der Waals surface area contributed by atoms with E-state index in [2.05, 4.69) is 10.4 Å². The number of hydrogen-bond acceptors (Lipinski definition) is 4. The predicted molar refractivity (Wildman–Crippen MR) is 108 cm³/mol. The quantitative estimate of drug-likeness (QED) is 0.574. The highest BCUT2D eigenvalue weighted by Gasteiger charge is 2.29. The van der Waals surface area contributed by atoms with Gasteiger partial charge in [-0.15, -0.1) is 0 Å². The lowest BCUT2D eigenvalue weighted by Gasteiger charge is -2.31. The Hall–Kier alpha value is -2.75. The van der Waals surface area contributed by atoms with Gasteiger partial charge in [0.1, 0.15) is 0 Å². The average Bonchev–Trinajstić information content (AvgIpc) is 3.13. The van der Waals surface area contributed by atoms with Gasteiger partial charge < -0.3 is 10.2 Å². The Balaban J connectivity index is 1.46. The molecule has 1 aromatic carbocycles. The number of carbonyl (C=O) groups excluding carboxylic acids is 2. The number of nitrogens with one attached hydrogen (secondary N) is 1. The zero-order valence-electron chi connectivity index (χ0n) is 16.2. The summed E-state index contributed by atoms with van der Waals surface area (Å²) in [6, 6.07) is 5.82. The maximum atomic E-state index is 12.4. The number of hydrogen-bond donors (Lipinski definition) is 1. The van der Waals surface area contributed by atoms with Crippen LogP contribution in [0.5, 0.6) is 0 Å². The molecule has 1 aromatic heterocycles. The van der Waals surface area contributed by atoms with Crippen molar-refractivity contribution in [2.24, 2.45) is 7.05 Å². The molecule has 1 aliphatic rings. The van der Waals surface area contributed by atoms with Gasteiger partial charge in [0, 0.05) is 43.3 Å². The van der Waals surface area contributed by atoms with Gasteiger partial charge in [0.05, 0.1) is 11.8 Å². The number of benzene rings is 1. The van der Waals surface area contributed by atoms with Gasteiger partial charge in [-0.05, 0) is 48.4 Å². The fraction of sp³-hybridized carbons (Fsp3) is 0.350. The summed E-state index contributed by atoms with van der Waals surface area (Å²) < 4.78 is 38.6. The van der Waals surface area contributed by atoms with Gasteiger partial charge in [0.25, 0.3) is 5.91 Å². The predicted octanol–water partition coefficient (Wildman–Crippen LogP) is 3.47. The second kappa shape index (κ2) is 9.38. The number of amides is 2. The van der Waals surface area contributed by atoms with Crippen LogP contribution in [0.1, 0.15) is 28.8 Å². The minimum Gasteiger partial charge on any atom is -0.349 e. The number of likely N-dealkylation sites (tertiary alicyclic amines) is 1. The number of nitrogens with zero attached hydrogens (tertiary/aromatic N) is 3. The summed E-state index contributed by atoms with van der Waals surface area (Å²) in [7, 11) is 1.74. The highest BCUT2D eigenvalue weighted by molar-refractivity contribution is 8.00. The van der Waals surface area contributed by atoms with E-state index >= 15 is 0 Å². The Labute approximate surface area is 176 Å². The number of halogens is 3. The van der Waals surface area contributed by atoms with Gasteiger partial charge in [-0.25, -0.2) is 0 Å². The van der Waals surface area contributed by atoms with Crippen molar-refractivity contribution in [3.05, 3.63) is 53.9 Å². The molecule has 0 unspecified atom stereocenters. The molecule has 0 radical (unpaired) electrons. The third-order valence-corrected chi connectivity index (χ3v) is 5.38. The van der Waals surface area contributed by atoms with Crippen molar-refractivity contribution >= 4 is 29.7 Å². The Kier molecular flexibility index (Phi) is 6.86. The van der Waals surface area contributed by atoms with Crippen LogP contribution in [0.15, 0.2) is 47.6 Å². The Morgan fingerprint density at radius 2 is 1.87 bits per heavy atom. The first-order valence-corrected chi connectivity index (χ1v) is 10.1. The molecule has 160 valence electrons. The topological polar surface area (TPSA) is 67.2 Å². The van der Waals surface area contributed by atoms with Crippen LogP contribution in [0.3, 0.4) is 0 Å². The van der Waals surface area contributed by atoms with Gasteiger partial charge in [0.2, 0.25) is 5.91 Å². The van der Waals surface area contributed by atoms with Crippen molar-refractivity contribution in [2.45, 2.75) is 29.3 Å². The number of rotatable bonds is 5. The Morgan fingerprint density at radius 1 is 1.20 bits per heavy atom. The zero-order valence-corrected chi connectivity index (χ0v) is 17.0. The average molecular weight is 438 g/mol. The molecule has 2 heterocycles. The number of aryl methyl sites for hydroxylation is 1. The van der Waals surface area contributed by atoms with Gasteiger partial charge >= 0.3 is 5.51 Å². The first-order valence-electron chi connectivity index (χ1n) is 9.32. The van der Waals surface area contributed by atoms with E-state index in [0.29, 0.717) is 37.1 Å². The number of piperidine rings is 1. The summed E-state index contributed by atoms with van der Waals surface area (Å²) in [5.41, 5.74) is -3.18. The second-order valence-corrected chi connectivity index (χ2v) is 8.06. The largest absolute Gasteiger partial charge is 0.446 e. The van der Waals surface area contributed by atoms with Crippen molar-refractivity contribution in [1.29, 1.82) is 0 Å². The van der Waals surface area contributed by atoms with Gasteiger partial charge in [-0.3, -0.25) is 14.3 Å². The van der Waals surface area contributed by atoms with E-state index in [0.717, 1.165) is 0 Å². The first kappa shape index (κ1) is 21.9. The van der Waals surface area contributed by atoms with Crippen LogP contribution in [-0.2, 0) is 11.8 Å². The normalized spacial score (nSPS) is 15.5. The molecule has 1 aliphatic heterocycles. The van der Waals surface area contributed by atoms with Crippen LogP contribution in [-0.4, -0.2) is 51.1 Å². The van der Waals surface area contributed by atoms with Crippen molar-refractivity contribution < 1.29 is 22.8 Å². The SMILES string of the molecule is Cn1cc(C(=O)NC2CCN(C(=O)/C=C/c3ccc(SC(F)(F)F)cc3)CC2)cn1. The molecule has 2 aromatic rings. The molecular weight excluding hydrogens is 417 g/mol. The van der Waals surface area contributed by atoms with Crippen molar-refractivity contribution in [3.63, 3.8) is 0 Å². The lowest BCUT2D eigenvalue weighted by Crippen LogP contribution is -2.46.